The highest BCUT2D eigenvalue weighted by Gasteiger charge is 2.24. The van der Waals surface area contributed by atoms with E-state index in [1.807, 2.05) is 12.1 Å². The van der Waals surface area contributed by atoms with Gasteiger partial charge < -0.3 is 5.32 Å². The van der Waals surface area contributed by atoms with Gasteiger partial charge in [0.25, 0.3) is 0 Å². The number of benzene rings is 1. The lowest BCUT2D eigenvalue weighted by molar-refractivity contribution is 0.437. The second-order valence-electron chi connectivity index (χ2n) is 5.48. The van der Waals surface area contributed by atoms with Crippen LogP contribution in [0.25, 0.3) is 0 Å². The van der Waals surface area contributed by atoms with Gasteiger partial charge in [0, 0.05) is 12.1 Å². The van der Waals surface area contributed by atoms with Crippen molar-refractivity contribution in [1.29, 1.82) is 0 Å². The van der Waals surface area contributed by atoms with E-state index < -0.39 is 0 Å². The Kier molecular flexibility index (Phi) is 3.82. The third kappa shape index (κ3) is 3.53. The lowest BCUT2D eigenvalue weighted by atomic mass is 10.0. The molecule has 0 saturated heterocycles. The molecule has 0 heterocycles. The molecule has 0 amide bonds. The first-order chi connectivity index (χ1) is 8.06. The number of nitrogens with one attached hydrogen (secondary N) is 1. The van der Waals surface area contributed by atoms with Crippen LogP contribution in [0.15, 0.2) is 18.2 Å². The van der Waals surface area contributed by atoms with Crippen LogP contribution in [0.1, 0.15) is 50.3 Å². The summed E-state index contributed by atoms with van der Waals surface area (Å²) in [7, 11) is 0. The Hall–Kier alpha value is -0.890. The second kappa shape index (κ2) is 5.18. The fourth-order valence-electron chi connectivity index (χ4n) is 2.32. The third-order valence-electron chi connectivity index (χ3n) is 3.61. The Balaban J connectivity index is 1.93. The zero-order valence-corrected chi connectivity index (χ0v) is 11.0. The van der Waals surface area contributed by atoms with Gasteiger partial charge in [-0.05, 0) is 50.3 Å². The largest absolute Gasteiger partial charge is 0.308 e. The molecule has 0 aromatic heterocycles. The predicted octanol–water partition coefficient (Wildman–Crippen LogP) is 3.97. The lowest BCUT2D eigenvalue weighted by Gasteiger charge is -2.20. The van der Waals surface area contributed by atoms with Gasteiger partial charge >= 0.3 is 0 Å². The maximum Gasteiger partial charge on any atom is 0.126 e. The minimum Gasteiger partial charge on any atom is -0.308 e. The van der Waals surface area contributed by atoms with Crippen LogP contribution in [0.5, 0.6) is 0 Å². The molecule has 2 unspecified atom stereocenters. The number of rotatable bonds is 5. The SMILES string of the molecule is Cc1ccc(C(C)NC(C)CC2CC2)cc1F. The molecule has 0 radical (unpaired) electrons. The topological polar surface area (TPSA) is 12.0 Å². The average molecular weight is 235 g/mol. The molecule has 1 nitrogen and oxygen atoms in total. The van der Waals surface area contributed by atoms with Crippen molar-refractivity contribution in [2.75, 3.05) is 0 Å². The van der Waals surface area contributed by atoms with Gasteiger partial charge in [0.2, 0.25) is 0 Å². The van der Waals surface area contributed by atoms with Crippen molar-refractivity contribution in [1.82, 2.24) is 5.32 Å². The highest BCUT2D eigenvalue weighted by atomic mass is 19.1. The van der Waals surface area contributed by atoms with Gasteiger partial charge in [-0.2, -0.15) is 0 Å². The van der Waals surface area contributed by atoms with Gasteiger partial charge in [-0.1, -0.05) is 25.0 Å². The van der Waals surface area contributed by atoms with Gasteiger partial charge in [0.1, 0.15) is 5.82 Å². The molecule has 1 saturated carbocycles. The van der Waals surface area contributed by atoms with Crippen molar-refractivity contribution in [3.63, 3.8) is 0 Å². The average Bonchev–Trinajstić information content (AvgIpc) is 3.05. The van der Waals surface area contributed by atoms with Gasteiger partial charge in [-0.25, -0.2) is 4.39 Å². The van der Waals surface area contributed by atoms with E-state index in [0.717, 1.165) is 11.5 Å². The summed E-state index contributed by atoms with van der Waals surface area (Å²) in [4.78, 5) is 0. The Morgan fingerprint density at radius 1 is 1.35 bits per heavy atom. The minimum atomic E-state index is -0.106. The molecule has 0 bridgehead atoms. The summed E-state index contributed by atoms with van der Waals surface area (Å²) in [6, 6.07) is 6.26. The van der Waals surface area contributed by atoms with Crippen molar-refractivity contribution < 1.29 is 4.39 Å². The van der Waals surface area contributed by atoms with Crippen LogP contribution in [0.4, 0.5) is 4.39 Å². The molecular formula is C15H22FN. The Morgan fingerprint density at radius 3 is 2.65 bits per heavy atom. The Bertz CT molecular complexity index is 385. The molecule has 0 aliphatic heterocycles. The third-order valence-corrected chi connectivity index (χ3v) is 3.61. The molecule has 1 aliphatic carbocycles. The van der Waals surface area contributed by atoms with E-state index in [2.05, 4.69) is 19.2 Å². The van der Waals surface area contributed by atoms with Crippen molar-refractivity contribution in [3.8, 4) is 0 Å². The van der Waals surface area contributed by atoms with Crippen molar-refractivity contribution in [2.24, 2.45) is 5.92 Å². The van der Waals surface area contributed by atoms with E-state index in [1.54, 1.807) is 13.0 Å². The number of hydrogen-bond donors (Lipinski definition) is 1. The van der Waals surface area contributed by atoms with E-state index in [1.165, 1.54) is 19.3 Å². The smallest absolute Gasteiger partial charge is 0.126 e. The standard InChI is InChI=1S/C15H22FN/c1-10-4-7-14(9-15(10)16)12(3)17-11(2)8-13-5-6-13/h4,7,9,11-13,17H,5-6,8H2,1-3H3. The molecule has 2 atom stereocenters. The summed E-state index contributed by atoms with van der Waals surface area (Å²) < 4.78 is 13.5. The molecule has 1 N–H and O–H groups in total. The zero-order valence-electron chi connectivity index (χ0n) is 11.0. The molecule has 1 fully saturated rings. The van der Waals surface area contributed by atoms with Gasteiger partial charge in [0.05, 0.1) is 0 Å². The molecule has 2 heteroatoms. The predicted molar refractivity (Wildman–Crippen MR) is 69.5 cm³/mol. The molecule has 2 rings (SSSR count). The molecule has 1 aliphatic rings. The Labute approximate surface area is 103 Å². The lowest BCUT2D eigenvalue weighted by Crippen LogP contribution is -2.29. The molecule has 1 aromatic carbocycles. The van der Waals surface area contributed by atoms with Crippen LogP contribution in [-0.2, 0) is 0 Å². The van der Waals surface area contributed by atoms with Crippen LogP contribution in [0.3, 0.4) is 0 Å². The molecule has 94 valence electrons. The minimum absolute atomic E-state index is 0.106. The number of hydrogen-bond acceptors (Lipinski definition) is 1. The van der Waals surface area contributed by atoms with E-state index in [4.69, 9.17) is 0 Å². The van der Waals surface area contributed by atoms with E-state index in [-0.39, 0.29) is 11.9 Å². The van der Waals surface area contributed by atoms with Crippen LogP contribution in [-0.4, -0.2) is 6.04 Å². The van der Waals surface area contributed by atoms with Crippen LogP contribution < -0.4 is 5.32 Å². The first-order valence-electron chi connectivity index (χ1n) is 6.58. The van der Waals surface area contributed by atoms with Gasteiger partial charge in [-0.3, -0.25) is 0 Å². The van der Waals surface area contributed by atoms with Crippen molar-refractivity contribution in [3.05, 3.63) is 35.1 Å². The van der Waals surface area contributed by atoms with Gasteiger partial charge in [0.15, 0.2) is 0 Å². The summed E-state index contributed by atoms with van der Waals surface area (Å²) in [5.74, 6) is 0.824. The zero-order chi connectivity index (χ0) is 12.4. The first kappa shape index (κ1) is 12.6. The summed E-state index contributed by atoms with van der Waals surface area (Å²) in [5, 5.41) is 3.55. The summed E-state index contributed by atoms with van der Waals surface area (Å²) in [6.45, 7) is 6.12. The van der Waals surface area contributed by atoms with Crippen LogP contribution in [0.2, 0.25) is 0 Å². The second-order valence-corrected chi connectivity index (χ2v) is 5.48. The monoisotopic (exact) mass is 235 g/mol. The Morgan fingerprint density at radius 2 is 2.06 bits per heavy atom. The van der Waals surface area contributed by atoms with Crippen molar-refractivity contribution >= 4 is 0 Å². The van der Waals surface area contributed by atoms with E-state index in [9.17, 15) is 4.39 Å². The molecular weight excluding hydrogens is 213 g/mol. The normalized spacial score (nSPS) is 19.1. The highest BCUT2D eigenvalue weighted by Crippen LogP contribution is 2.33. The fourth-order valence-corrected chi connectivity index (χ4v) is 2.32. The molecule has 17 heavy (non-hydrogen) atoms. The summed E-state index contributed by atoms with van der Waals surface area (Å²) in [6.07, 6.45) is 4.03. The maximum atomic E-state index is 13.5. The highest BCUT2D eigenvalue weighted by molar-refractivity contribution is 5.25. The summed E-state index contributed by atoms with van der Waals surface area (Å²) >= 11 is 0. The molecule has 0 spiro atoms. The van der Waals surface area contributed by atoms with Gasteiger partial charge in [-0.15, -0.1) is 0 Å². The number of halogens is 1. The van der Waals surface area contributed by atoms with Crippen molar-refractivity contribution in [2.45, 2.75) is 52.1 Å². The molecule has 1 aromatic rings. The van der Waals surface area contributed by atoms with E-state index in [0.29, 0.717) is 11.6 Å². The first-order valence-corrected chi connectivity index (χ1v) is 6.58. The summed E-state index contributed by atoms with van der Waals surface area (Å²) in [5.41, 5.74) is 1.75. The van der Waals surface area contributed by atoms with E-state index >= 15 is 0 Å². The fraction of sp³-hybridized carbons (Fsp3) is 0.600. The quantitative estimate of drug-likeness (QED) is 0.814. The van der Waals surface area contributed by atoms with Crippen LogP contribution >= 0.6 is 0 Å². The van der Waals surface area contributed by atoms with Crippen LogP contribution in [0, 0.1) is 18.7 Å². The maximum absolute atomic E-state index is 13.5. The number of aryl methyl sites for hydroxylation is 1.